The first-order chi connectivity index (χ1) is 7.72. The van der Waals surface area contributed by atoms with Gasteiger partial charge < -0.3 is 9.52 Å². The minimum Gasteiger partial charge on any atom is -0.466 e. The molecule has 16 heavy (non-hydrogen) atoms. The normalized spacial score (nSPS) is 12.7. The summed E-state index contributed by atoms with van der Waals surface area (Å²) in [5, 5.41) is 10.2. The molecule has 1 heterocycles. The topological polar surface area (TPSA) is 33.4 Å². The monoisotopic (exact) mass is 280 g/mol. The highest BCUT2D eigenvalue weighted by Gasteiger charge is 2.16. The Morgan fingerprint density at radius 2 is 2.19 bits per heavy atom. The SMILES string of the molecule is CCc1cc(Br)ccc1C(O)c1ccco1. The van der Waals surface area contributed by atoms with Gasteiger partial charge in [0.1, 0.15) is 11.9 Å². The van der Waals surface area contributed by atoms with E-state index in [-0.39, 0.29) is 0 Å². The highest BCUT2D eigenvalue weighted by Crippen LogP contribution is 2.27. The van der Waals surface area contributed by atoms with E-state index in [2.05, 4.69) is 22.9 Å². The fraction of sp³-hybridized carbons (Fsp3) is 0.231. The highest BCUT2D eigenvalue weighted by molar-refractivity contribution is 9.10. The number of hydrogen-bond acceptors (Lipinski definition) is 2. The molecule has 1 atom stereocenters. The van der Waals surface area contributed by atoms with E-state index in [9.17, 15) is 5.11 Å². The first-order valence-corrected chi connectivity index (χ1v) is 6.01. The molecule has 0 aliphatic carbocycles. The summed E-state index contributed by atoms with van der Waals surface area (Å²) in [7, 11) is 0. The maximum absolute atomic E-state index is 10.2. The number of hydrogen-bond donors (Lipinski definition) is 1. The van der Waals surface area contributed by atoms with Crippen LogP contribution in [0.5, 0.6) is 0 Å². The van der Waals surface area contributed by atoms with E-state index >= 15 is 0 Å². The molecule has 0 saturated heterocycles. The molecule has 2 nitrogen and oxygen atoms in total. The number of furan rings is 1. The number of aliphatic hydroxyl groups is 1. The lowest BCUT2D eigenvalue weighted by atomic mass is 9.99. The lowest BCUT2D eigenvalue weighted by Crippen LogP contribution is -2.02. The van der Waals surface area contributed by atoms with Crippen molar-refractivity contribution in [2.45, 2.75) is 19.4 Å². The van der Waals surface area contributed by atoms with Gasteiger partial charge in [-0.1, -0.05) is 28.9 Å². The maximum atomic E-state index is 10.2. The summed E-state index contributed by atoms with van der Waals surface area (Å²) < 4.78 is 6.25. The second-order valence-corrected chi connectivity index (χ2v) is 4.53. The van der Waals surface area contributed by atoms with Gasteiger partial charge in [0.15, 0.2) is 0 Å². The van der Waals surface area contributed by atoms with E-state index in [0.29, 0.717) is 5.76 Å². The zero-order valence-corrected chi connectivity index (χ0v) is 10.6. The molecule has 0 saturated carbocycles. The van der Waals surface area contributed by atoms with E-state index in [0.717, 1.165) is 22.0 Å². The Bertz CT molecular complexity index is 463. The average molecular weight is 281 g/mol. The van der Waals surface area contributed by atoms with Crippen molar-refractivity contribution in [3.63, 3.8) is 0 Å². The van der Waals surface area contributed by atoms with Gasteiger partial charge in [0.05, 0.1) is 6.26 Å². The van der Waals surface area contributed by atoms with Gasteiger partial charge >= 0.3 is 0 Å². The predicted molar refractivity (Wildman–Crippen MR) is 66.3 cm³/mol. The Balaban J connectivity index is 2.40. The van der Waals surface area contributed by atoms with Crippen molar-refractivity contribution < 1.29 is 9.52 Å². The van der Waals surface area contributed by atoms with Gasteiger partial charge in [-0.2, -0.15) is 0 Å². The lowest BCUT2D eigenvalue weighted by Gasteiger charge is -2.13. The van der Waals surface area contributed by atoms with Crippen LogP contribution in [0, 0.1) is 0 Å². The van der Waals surface area contributed by atoms with Crippen LogP contribution in [0.2, 0.25) is 0 Å². The van der Waals surface area contributed by atoms with Gasteiger partial charge in [-0.25, -0.2) is 0 Å². The van der Waals surface area contributed by atoms with Crippen molar-refractivity contribution in [1.29, 1.82) is 0 Å². The third-order valence-corrected chi connectivity index (χ3v) is 3.09. The van der Waals surface area contributed by atoms with Gasteiger partial charge in [-0.05, 0) is 41.8 Å². The molecule has 1 aromatic carbocycles. The summed E-state index contributed by atoms with van der Waals surface area (Å²) >= 11 is 3.43. The summed E-state index contributed by atoms with van der Waals surface area (Å²) in [4.78, 5) is 0. The van der Waals surface area contributed by atoms with Crippen LogP contribution in [0.15, 0.2) is 45.5 Å². The summed E-state index contributed by atoms with van der Waals surface area (Å²) in [5.41, 5.74) is 2.03. The van der Waals surface area contributed by atoms with Gasteiger partial charge in [0.25, 0.3) is 0 Å². The molecule has 0 aliphatic rings. The van der Waals surface area contributed by atoms with Crippen molar-refractivity contribution in [1.82, 2.24) is 0 Å². The molecule has 0 bridgehead atoms. The van der Waals surface area contributed by atoms with E-state index in [1.54, 1.807) is 18.4 Å². The summed E-state index contributed by atoms with van der Waals surface area (Å²) in [5.74, 6) is 0.581. The Kier molecular flexibility index (Phi) is 3.46. The Morgan fingerprint density at radius 1 is 1.38 bits per heavy atom. The van der Waals surface area contributed by atoms with E-state index in [1.807, 2.05) is 18.2 Å². The summed E-state index contributed by atoms with van der Waals surface area (Å²) in [6, 6.07) is 9.45. The van der Waals surface area contributed by atoms with Crippen molar-refractivity contribution in [3.8, 4) is 0 Å². The van der Waals surface area contributed by atoms with Crippen LogP contribution in [0.1, 0.15) is 29.9 Å². The zero-order valence-electron chi connectivity index (χ0n) is 8.98. The van der Waals surface area contributed by atoms with Gasteiger partial charge in [0.2, 0.25) is 0 Å². The predicted octanol–water partition coefficient (Wildman–Crippen LogP) is 3.69. The van der Waals surface area contributed by atoms with Crippen molar-refractivity contribution in [2.75, 3.05) is 0 Å². The molecule has 1 unspecified atom stereocenters. The van der Waals surface area contributed by atoms with Crippen LogP contribution in [-0.4, -0.2) is 5.11 Å². The smallest absolute Gasteiger partial charge is 0.137 e. The molecular formula is C13H13BrO2. The Morgan fingerprint density at radius 3 is 2.81 bits per heavy atom. The molecule has 0 fully saturated rings. The Labute approximate surface area is 103 Å². The highest BCUT2D eigenvalue weighted by atomic mass is 79.9. The van der Waals surface area contributed by atoms with Crippen molar-refractivity contribution in [2.24, 2.45) is 0 Å². The molecule has 1 N–H and O–H groups in total. The Hall–Kier alpha value is -1.06. The van der Waals surface area contributed by atoms with E-state index in [4.69, 9.17) is 4.42 Å². The molecule has 1 aromatic heterocycles. The number of benzene rings is 1. The van der Waals surface area contributed by atoms with Crippen LogP contribution in [0.25, 0.3) is 0 Å². The summed E-state index contributed by atoms with van der Waals surface area (Å²) in [6.45, 7) is 2.07. The van der Waals surface area contributed by atoms with E-state index < -0.39 is 6.10 Å². The van der Waals surface area contributed by atoms with Gasteiger partial charge in [0, 0.05) is 4.47 Å². The lowest BCUT2D eigenvalue weighted by molar-refractivity contribution is 0.188. The molecule has 0 spiro atoms. The standard InChI is InChI=1S/C13H13BrO2/c1-2-9-8-10(14)5-6-11(9)13(15)12-4-3-7-16-12/h3-8,13,15H,2H2,1H3. The fourth-order valence-electron chi connectivity index (χ4n) is 1.75. The summed E-state index contributed by atoms with van der Waals surface area (Å²) in [6.07, 6.45) is 1.77. The second-order valence-electron chi connectivity index (χ2n) is 3.61. The largest absolute Gasteiger partial charge is 0.466 e. The van der Waals surface area contributed by atoms with Crippen molar-refractivity contribution in [3.05, 3.63) is 58.0 Å². The number of halogens is 1. The van der Waals surface area contributed by atoms with Crippen LogP contribution in [0.3, 0.4) is 0 Å². The van der Waals surface area contributed by atoms with Crippen LogP contribution in [0.4, 0.5) is 0 Å². The molecular weight excluding hydrogens is 268 g/mol. The number of aliphatic hydroxyl groups excluding tert-OH is 1. The maximum Gasteiger partial charge on any atom is 0.137 e. The molecule has 0 aliphatic heterocycles. The van der Waals surface area contributed by atoms with Gasteiger partial charge in [-0.15, -0.1) is 0 Å². The minimum atomic E-state index is -0.682. The van der Waals surface area contributed by atoms with Crippen LogP contribution >= 0.6 is 15.9 Å². The molecule has 0 amide bonds. The molecule has 84 valence electrons. The zero-order chi connectivity index (χ0) is 11.5. The third kappa shape index (κ3) is 2.20. The van der Waals surface area contributed by atoms with Gasteiger partial charge in [-0.3, -0.25) is 0 Å². The average Bonchev–Trinajstić information content (AvgIpc) is 2.81. The fourth-order valence-corrected chi connectivity index (χ4v) is 2.16. The number of rotatable bonds is 3. The first kappa shape index (κ1) is 11.4. The second kappa shape index (κ2) is 4.85. The van der Waals surface area contributed by atoms with E-state index in [1.165, 1.54) is 0 Å². The number of aryl methyl sites for hydroxylation is 1. The minimum absolute atomic E-state index is 0.581. The van der Waals surface area contributed by atoms with Crippen molar-refractivity contribution >= 4 is 15.9 Å². The van der Waals surface area contributed by atoms with Crippen LogP contribution < -0.4 is 0 Å². The quantitative estimate of drug-likeness (QED) is 0.930. The molecule has 2 aromatic rings. The van der Waals surface area contributed by atoms with Crippen LogP contribution in [-0.2, 0) is 6.42 Å². The molecule has 0 radical (unpaired) electrons. The molecule has 2 rings (SSSR count). The first-order valence-electron chi connectivity index (χ1n) is 5.22. The molecule has 3 heteroatoms. The third-order valence-electron chi connectivity index (χ3n) is 2.59.